The smallest absolute Gasteiger partial charge is 0.228 e. The maximum absolute atomic E-state index is 12.3. The zero-order chi connectivity index (χ0) is 14.7. The third-order valence-electron chi connectivity index (χ3n) is 3.57. The lowest BCUT2D eigenvalue weighted by molar-refractivity contribution is -0.134. The summed E-state index contributed by atoms with van der Waals surface area (Å²) in [5.74, 6) is -0.0813. The quantitative estimate of drug-likeness (QED) is 0.915. The number of nitrogens with two attached hydrogens (primary N) is 1. The Hall–Kier alpha value is -1.43. The number of amides is 2. The van der Waals surface area contributed by atoms with E-state index in [-0.39, 0.29) is 17.7 Å². The number of rotatable bonds is 4. The van der Waals surface area contributed by atoms with Gasteiger partial charge in [0.05, 0.1) is 23.0 Å². The lowest BCUT2D eigenvalue weighted by Gasteiger charge is -2.31. The van der Waals surface area contributed by atoms with Gasteiger partial charge in [-0.1, -0.05) is 13.8 Å². The molecule has 6 heteroatoms. The minimum absolute atomic E-state index is 0.0385. The Bertz CT molecular complexity index is 498. The number of primary amides is 1. The molecule has 0 aromatic carbocycles. The third-order valence-corrected chi connectivity index (χ3v) is 4.77. The molecule has 2 heterocycles. The van der Waals surface area contributed by atoms with Gasteiger partial charge in [-0.2, -0.15) is 0 Å². The van der Waals surface area contributed by atoms with E-state index in [1.807, 2.05) is 5.38 Å². The monoisotopic (exact) mass is 295 g/mol. The van der Waals surface area contributed by atoms with Crippen LogP contribution in [0.25, 0.3) is 0 Å². The van der Waals surface area contributed by atoms with Crippen molar-refractivity contribution >= 4 is 23.2 Å². The van der Waals surface area contributed by atoms with Gasteiger partial charge in [0.1, 0.15) is 0 Å². The zero-order valence-electron chi connectivity index (χ0n) is 12.0. The molecule has 20 heavy (non-hydrogen) atoms. The minimum atomic E-state index is -0.307. The van der Waals surface area contributed by atoms with Crippen LogP contribution in [-0.4, -0.2) is 34.8 Å². The summed E-state index contributed by atoms with van der Waals surface area (Å²) in [6, 6.07) is 0. The zero-order valence-corrected chi connectivity index (χ0v) is 12.8. The van der Waals surface area contributed by atoms with Gasteiger partial charge in [0.2, 0.25) is 11.8 Å². The van der Waals surface area contributed by atoms with Crippen LogP contribution in [0.2, 0.25) is 0 Å². The van der Waals surface area contributed by atoms with Crippen molar-refractivity contribution in [1.82, 2.24) is 9.88 Å². The van der Waals surface area contributed by atoms with Crippen LogP contribution in [0, 0.1) is 5.92 Å². The molecular weight excluding hydrogens is 274 g/mol. The van der Waals surface area contributed by atoms with Crippen molar-refractivity contribution < 1.29 is 9.59 Å². The van der Waals surface area contributed by atoms with Gasteiger partial charge in [0, 0.05) is 24.4 Å². The Balaban J connectivity index is 1.95. The van der Waals surface area contributed by atoms with Crippen molar-refractivity contribution in [3.8, 4) is 0 Å². The number of hydrogen-bond donors (Lipinski definition) is 1. The fourth-order valence-corrected chi connectivity index (χ4v) is 3.21. The topological polar surface area (TPSA) is 76.3 Å². The van der Waals surface area contributed by atoms with E-state index in [2.05, 4.69) is 18.8 Å². The van der Waals surface area contributed by atoms with E-state index < -0.39 is 0 Å². The molecule has 1 aromatic rings. The van der Waals surface area contributed by atoms with Crippen LogP contribution >= 0.6 is 11.3 Å². The molecule has 0 saturated carbocycles. The average Bonchev–Trinajstić information content (AvgIpc) is 2.87. The Labute approximate surface area is 123 Å². The maximum atomic E-state index is 12.3. The number of carbonyl (C=O) groups excluding carboxylic acids is 2. The number of nitrogens with zero attached hydrogens (tertiary/aromatic N) is 2. The summed E-state index contributed by atoms with van der Waals surface area (Å²) >= 11 is 1.60. The van der Waals surface area contributed by atoms with Crippen LogP contribution in [0.15, 0.2) is 5.38 Å². The molecule has 1 fully saturated rings. The van der Waals surface area contributed by atoms with Crippen LogP contribution in [0.3, 0.4) is 0 Å². The van der Waals surface area contributed by atoms with Crippen LogP contribution in [0.4, 0.5) is 0 Å². The van der Waals surface area contributed by atoms with Crippen molar-refractivity contribution in [2.45, 2.75) is 39.0 Å². The Morgan fingerprint density at radius 1 is 1.55 bits per heavy atom. The van der Waals surface area contributed by atoms with Gasteiger partial charge in [0.15, 0.2) is 0 Å². The molecular formula is C14H21N3O2S. The molecule has 2 rings (SSSR count). The summed E-state index contributed by atoms with van der Waals surface area (Å²) < 4.78 is 0. The standard InChI is InChI=1S/C14H21N3O2S/c1-9(2)14-16-11(8-20-14)6-12(18)17-5-3-4-10(7-17)13(15)19/h8-10H,3-7H2,1-2H3,(H2,15,19)/t10-/m1/s1. The largest absolute Gasteiger partial charge is 0.369 e. The fourth-order valence-electron chi connectivity index (χ4n) is 2.37. The Morgan fingerprint density at radius 2 is 2.30 bits per heavy atom. The summed E-state index contributed by atoms with van der Waals surface area (Å²) in [5.41, 5.74) is 6.16. The molecule has 0 radical (unpaired) electrons. The normalized spacial score (nSPS) is 19.4. The number of carbonyl (C=O) groups is 2. The van der Waals surface area contributed by atoms with E-state index in [4.69, 9.17) is 5.73 Å². The molecule has 1 aromatic heterocycles. The number of thiazole rings is 1. The van der Waals surface area contributed by atoms with E-state index in [1.165, 1.54) is 0 Å². The molecule has 0 aliphatic carbocycles. The van der Waals surface area contributed by atoms with Crippen molar-refractivity contribution in [3.05, 3.63) is 16.1 Å². The number of hydrogen-bond acceptors (Lipinski definition) is 4. The van der Waals surface area contributed by atoms with Crippen molar-refractivity contribution in [1.29, 1.82) is 0 Å². The van der Waals surface area contributed by atoms with Crippen LogP contribution in [0.1, 0.15) is 43.3 Å². The first-order valence-electron chi connectivity index (χ1n) is 6.98. The summed E-state index contributed by atoms with van der Waals surface area (Å²) in [5, 5.41) is 3.00. The highest BCUT2D eigenvalue weighted by molar-refractivity contribution is 7.09. The Kier molecular flexibility index (Phi) is 4.75. The second-order valence-electron chi connectivity index (χ2n) is 5.59. The van der Waals surface area contributed by atoms with E-state index >= 15 is 0 Å². The van der Waals surface area contributed by atoms with Crippen LogP contribution in [-0.2, 0) is 16.0 Å². The molecule has 1 aliphatic rings. The second kappa shape index (κ2) is 6.35. The van der Waals surface area contributed by atoms with Crippen LogP contribution in [0.5, 0.6) is 0 Å². The van der Waals surface area contributed by atoms with Gasteiger partial charge in [-0.25, -0.2) is 4.98 Å². The first-order valence-corrected chi connectivity index (χ1v) is 7.86. The van der Waals surface area contributed by atoms with Crippen molar-refractivity contribution in [2.75, 3.05) is 13.1 Å². The minimum Gasteiger partial charge on any atom is -0.369 e. The van der Waals surface area contributed by atoms with Gasteiger partial charge in [-0.05, 0) is 12.8 Å². The molecule has 0 bridgehead atoms. The maximum Gasteiger partial charge on any atom is 0.228 e. The first-order chi connectivity index (χ1) is 9.47. The highest BCUT2D eigenvalue weighted by atomic mass is 32.1. The van der Waals surface area contributed by atoms with E-state index in [9.17, 15) is 9.59 Å². The molecule has 110 valence electrons. The van der Waals surface area contributed by atoms with Gasteiger partial charge in [-0.15, -0.1) is 11.3 Å². The summed E-state index contributed by atoms with van der Waals surface area (Å²) in [4.78, 5) is 29.7. The van der Waals surface area contributed by atoms with Gasteiger partial charge < -0.3 is 10.6 Å². The predicted molar refractivity (Wildman–Crippen MR) is 78.4 cm³/mol. The van der Waals surface area contributed by atoms with Gasteiger partial charge in [-0.3, -0.25) is 9.59 Å². The third kappa shape index (κ3) is 3.56. The van der Waals surface area contributed by atoms with Gasteiger partial charge >= 0.3 is 0 Å². The molecule has 1 aliphatic heterocycles. The lowest BCUT2D eigenvalue weighted by Crippen LogP contribution is -2.44. The molecule has 2 N–H and O–H groups in total. The highest BCUT2D eigenvalue weighted by Crippen LogP contribution is 2.21. The molecule has 0 spiro atoms. The fraction of sp³-hybridized carbons (Fsp3) is 0.643. The van der Waals surface area contributed by atoms with Crippen molar-refractivity contribution in [3.63, 3.8) is 0 Å². The lowest BCUT2D eigenvalue weighted by atomic mass is 9.97. The van der Waals surface area contributed by atoms with E-state index in [0.29, 0.717) is 25.4 Å². The molecule has 5 nitrogen and oxygen atoms in total. The molecule has 1 atom stereocenters. The number of aromatic nitrogens is 1. The van der Waals surface area contributed by atoms with E-state index in [0.717, 1.165) is 23.5 Å². The molecule has 1 saturated heterocycles. The van der Waals surface area contributed by atoms with Crippen molar-refractivity contribution in [2.24, 2.45) is 11.7 Å². The summed E-state index contributed by atoms with van der Waals surface area (Å²) in [7, 11) is 0. The van der Waals surface area contributed by atoms with Crippen LogP contribution < -0.4 is 5.73 Å². The van der Waals surface area contributed by atoms with E-state index in [1.54, 1.807) is 16.2 Å². The molecule has 2 amide bonds. The summed E-state index contributed by atoms with van der Waals surface area (Å²) in [6.07, 6.45) is 1.94. The highest BCUT2D eigenvalue weighted by Gasteiger charge is 2.27. The SMILES string of the molecule is CC(C)c1nc(CC(=O)N2CCC[C@@H](C(N)=O)C2)cs1. The van der Waals surface area contributed by atoms with Gasteiger partial charge in [0.25, 0.3) is 0 Å². The second-order valence-corrected chi connectivity index (χ2v) is 6.48. The predicted octanol–water partition coefficient (Wildman–Crippen LogP) is 1.53. The number of piperidine rings is 1. The average molecular weight is 295 g/mol. The summed E-state index contributed by atoms with van der Waals surface area (Å²) in [6.45, 7) is 5.35. The Morgan fingerprint density at radius 3 is 2.90 bits per heavy atom. The number of likely N-dealkylation sites (tertiary alicyclic amines) is 1. The molecule has 0 unspecified atom stereocenters. The first kappa shape index (κ1) is 15.0.